The molecule has 5 heteroatoms. The van der Waals surface area contributed by atoms with Gasteiger partial charge in [0.25, 0.3) is 0 Å². The van der Waals surface area contributed by atoms with Crippen LogP contribution in [0.1, 0.15) is 45.3 Å². The van der Waals surface area contributed by atoms with Crippen molar-refractivity contribution in [2.75, 3.05) is 7.11 Å². The Morgan fingerprint density at radius 1 is 1.47 bits per heavy atom. The Balaban J connectivity index is 2.15. The Morgan fingerprint density at radius 3 is 2.68 bits per heavy atom. The van der Waals surface area contributed by atoms with E-state index < -0.39 is 11.4 Å². The maximum Gasteiger partial charge on any atom is 0.136 e. The van der Waals surface area contributed by atoms with E-state index >= 15 is 0 Å². The first-order valence-electron chi connectivity index (χ1n) is 6.60. The monoisotopic (exact) mass is 282 g/mol. The number of pyridine rings is 1. The summed E-state index contributed by atoms with van der Waals surface area (Å²) in [4.78, 5) is 4.41. The standard InChI is InChI=1S/C14H22N2O2S/c1-14(2,3)19(17)16-13(10-5-6-10)12-9-11(18-4)7-8-15-12/h7-10,13,16H,5-6H2,1-4H3. The predicted octanol–water partition coefficient (Wildman–Crippen LogP) is 2.59. The van der Waals surface area contributed by atoms with Crippen LogP contribution in [0.5, 0.6) is 5.75 Å². The van der Waals surface area contributed by atoms with E-state index in [2.05, 4.69) is 9.71 Å². The van der Waals surface area contributed by atoms with Gasteiger partial charge in [-0.3, -0.25) is 4.98 Å². The maximum absolute atomic E-state index is 12.3. The van der Waals surface area contributed by atoms with Crippen molar-refractivity contribution >= 4 is 11.4 Å². The van der Waals surface area contributed by atoms with Gasteiger partial charge in [0.05, 0.1) is 18.8 Å². The molecule has 2 unspecified atom stereocenters. The Morgan fingerprint density at radius 2 is 2.16 bits per heavy atom. The van der Waals surface area contributed by atoms with E-state index in [0.717, 1.165) is 24.3 Å². The molecule has 1 aromatic rings. The van der Waals surface area contributed by atoms with Crippen LogP contribution in [-0.2, 0) is 11.4 Å². The molecule has 1 aliphatic rings. The highest BCUT2D eigenvalue weighted by atomic mass is 32.2. The highest BCUT2D eigenvalue weighted by molar-refractivity contribution is 7.90. The van der Waals surface area contributed by atoms with E-state index in [1.54, 1.807) is 13.3 Å². The molecule has 1 fully saturated rings. The zero-order valence-electron chi connectivity index (χ0n) is 12.0. The molecule has 0 spiro atoms. The van der Waals surface area contributed by atoms with E-state index in [1.807, 2.05) is 32.9 Å². The molecule has 1 N–H and O–H groups in total. The van der Waals surface area contributed by atoms with Crippen molar-refractivity contribution in [1.82, 2.24) is 9.71 Å². The number of nitrogens with one attached hydrogen (secondary N) is 1. The molecule has 0 aromatic carbocycles. The molecular formula is C14H22N2O2S. The summed E-state index contributed by atoms with van der Waals surface area (Å²) in [6.07, 6.45) is 4.07. The van der Waals surface area contributed by atoms with Crippen molar-refractivity contribution in [1.29, 1.82) is 0 Å². The molecule has 1 heterocycles. The number of aromatic nitrogens is 1. The average molecular weight is 282 g/mol. The zero-order valence-corrected chi connectivity index (χ0v) is 12.8. The van der Waals surface area contributed by atoms with Gasteiger partial charge in [0, 0.05) is 23.6 Å². The van der Waals surface area contributed by atoms with E-state index in [0.29, 0.717) is 5.92 Å². The van der Waals surface area contributed by atoms with Crippen LogP contribution in [0.2, 0.25) is 0 Å². The molecular weight excluding hydrogens is 260 g/mol. The first-order chi connectivity index (χ1) is 8.91. The van der Waals surface area contributed by atoms with Crippen LogP contribution in [0.4, 0.5) is 0 Å². The highest BCUT2D eigenvalue weighted by Crippen LogP contribution is 2.41. The van der Waals surface area contributed by atoms with Crippen molar-refractivity contribution in [2.45, 2.75) is 44.4 Å². The molecule has 0 bridgehead atoms. The van der Waals surface area contributed by atoms with Gasteiger partial charge in [-0.1, -0.05) is 0 Å². The lowest BCUT2D eigenvalue weighted by Gasteiger charge is -2.27. The first-order valence-corrected chi connectivity index (χ1v) is 7.75. The summed E-state index contributed by atoms with van der Waals surface area (Å²) in [7, 11) is 1.64. The number of ether oxygens (including phenoxy) is 1. The lowest BCUT2D eigenvalue weighted by molar-refractivity contribution is 0.411. The molecule has 1 saturated carbocycles. The fourth-order valence-corrected chi connectivity index (χ4v) is 2.74. The number of hydrogen-bond acceptors (Lipinski definition) is 4. The number of methoxy groups -OCH3 is 1. The molecule has 0 radical (unpaired) electrons. The van der Waals surface area contributed by atoms with Crippen molar-refractivity contribution in [3.05, 3.63) is 24.0 Å². The summed E-state index contributed by atoms with van der Waals surface area (Å²) in [5.74, 6) is 1.32. The van der Waals surface area contributed by atoms with Crippen LogP contribution in [0.3, 0.4) is 0 Å². The Hall–Kier alpha value is -0.780. The second-order valence-electron chi connectivity index (χ2n) is 5.93. The van der Waals surface area contributed by atoms with Gasteiger partial charge < -0.3 is 9.29 Å². The van der Waals surface area contributed by atoms with E-state index in [1.165, 1.54) is 0 Å². The van der Waals surface area contributed by atoms with Gasteiger partial charge in [0.15, 0.2) is 0 Å². The first kappa shape index (κ1) is 14.6. The molecule has 19 heavy (non-hydrogen) atoms. The lowest BCUT2D eigenvalue weighted by atomic mass is 10.1. The van der Waals surface area contributed by atoms with Crippen molar-refractivity contribution in [2.24, 2.45) is 5.92 Å². The number of nitrogens with zero attached hydrogens (tertiary/aromatic N) is 1. The Labute approximate surface area is 118 Å². The minimum absolute atomic E-state index is 0.0511. The Bertz CT molecular complexity index is 430. The quantitative estimate of drug-likeness (QED) is 0.843. The second-order valence-corrected chi connectivity index (χ2v) is 7.93. The van der Waals surface area contributed by atoms with Gasteiger partial charge in [0.2, 0.25) is 0 Å². The number of rotatable bonds is 5. The molecule has 0 amide bonds. The van der Waals surface area contributed by atoms with Gasteiger partial charge in [-0.2, -0.15) is 0 Å². The average Bonchev–Trinajstić information content (AvgIpc) is 3.18. The van der Waals surface area contributed by atoms with E-state index in [-0.39, 0.29) is 10.8 Å². The van der Waals surface area contributed by atoms with Gasteiger partial charge in [0.1, 0.15) is 10.5 Å². The van der Waals surface area contributed by atoms with Gasteiger partial charge in [-0.05, 0) is 45.6 Å². The van der Waals surface area contributed by atoms with Gasteiger partial charge in [-0.25, -0.2) is 0 Å². The van der Waals surface area contributed by atoms with E-state index in [4.69, 9.17) is 4.74 Å². The summed E-state index contributed by atoms with van der Waals surface area (Å²) in [5.41, 5.74) is 0.916. The summed E-state index contributed by atoms with van der Waals surface area (Å²) >= 11 is -1.09. The summed E-state index contributed by atoms with van der Waals surface area (Å²) < 4.78 is 20.5. The molecule has 106 valence electrons. The third-order valence-corrected chi connectivity index (χ3v) is 4.77. The minimum atomic E-state index is -1.09. The Kier molecular flexibility index (Phi) is 4.38. The second kappa shape index (κ2) is 5.69. The summed E-state index contributed by atoms with van der Waals surface area (Å²) in [6.45, 7) is 5.91. The molecule has 1 aliphatic carbocycles. The highest BCUT2D eigenvalue weighted by Gasteiger charge is 2.39. The van der Waals surface area contributed by atoms with Crippen LogP contribution in [0.25, 0.3) is 0 Å². The summed E-state index contributed by atoms with van der Waals surface area (Å²) in [5, 5.41) is 0. The van der Waals surface area contributed by atoms with Crippen LogP contribution in [0.15, 0.2) is 18.3 Å². The minimum Gasteiger partial charge on any atom is -0.598 e. The number of hydrogen-bond donors (Lipinski definition) is 1. The SMILES string of the molecule is COc1ccnc(C(N[S+]([O-])C(C)(C)C)C2CC2)c1. The van der Waals surface area contributed by atoms with Gasteiger partial charge in [-0.15, -0.1) is 4.72 Å². The van der Waals surface area contributed by atoms with Crippen molar-refractivity contribution < 1.29 is 9.29 Å². The molecule has 2 atom stereocenters. The van der Waals surface area contributed by atoms with Crippen LogP contribution < -0.4 is 9.46 Å². The molecule has 0 aliphatic heterocycles. The van der Waals surface area contributed by atoms with E-state index in [9.17, 15) is 4.55 Å². The lowest BCUT2D eigenvalue weighted by Crippen LogP contribution is -2.42. The fraction of sp³-hybridized carbons (Fsp3) is 0.643. The molecule has 1 aromatic heterocycles. The zero-order chi connectivity index (χ0) is 14.0. The van der Waals surface area contributed by atoms with Crippen LogP contribution >= 0.6 is 0 Å². The fourth-order valence-electron chi connectivity index (χ4n) is 1.84. The molecule has 0 saturated heterocycles. The van der Waals surface area contributed by atoms with Crippen LogP contribution in [0, 0.1) is 5.92 Å². The third-order valence-electron chi connectivity index (χ3n) is 3.19. The smallest absolute Gasteiger partial charge is 0.136 e. The predicted molar refractivity (Wildman–Crippen MR) is 77.3 cm³/mol. The van der Waals surface area contributed by atoms with Crippen LogP contribution in [-0.4, -0.2) is 21.4 Å². The summed E-state index contributed by atoms with van der Waals surface area (Å²) in [6, 6.07) is 3.81. The molecule has 2 rings (SSSR count). The maximum atomic E-state index is 12.3. The third kappa shape index (κ3) is 3.84. The topological polar surface area (TPSA) is 57.2 Å². The largest absolute Gasteiger partial charge is 0.598 e. The van der Waals surface area contributed by atoms with Crippen molar-refractivity contribution in [3.63, 3.8) is 0 Å². The molecule has 4 nitrogen and oxygen atoms in total. The van der Waals surface area contributed by atoms with Gasteiger partial charge >= 0.3 is 0 Å². The van der Waals surface area contributed by atoms with Crippen molar-refractivity contribution in [3.8, 4) is 5.75 Å². The normalized spacial score (nSPS) is 19.0.